The summed E-state index contributed by atoms with van der Waals surface area (Å²) in [5.41, 5.74) is 1.12. The van der Waals surface area contributed by atoms with Crippen LogP contribution in [0.15, 0.2) is 65.8 Å². The van der Waals surface area contributed by atoms with Crippen LogP contribution in [0.5, 0.6) is 5.75 Å². The molecule has 0 unspecified atom stereocenters. The molecular formula is C24H24Cl2N2O5S2. The Hall–Kier alpha value is -2.14. The number of para-hydroxylation sites is 1. The summed E-state index contributed by atoms with van der Waals surface area (Å²) in [6.45, 7) is 2.20. The Morgan fingerprint density at radius 3 is 2.34 bits per heavy atom. The average molecular weight is 556 g/mol. The summed E-state index contributed by atoms with van der Waals surface area (Å²) in [5.74, 6) is 0.163. The largest absolute Gasteiger partial charge is 0.488 e. The maximum absolute atomic E-state index is 11.4. The van der Waals surface area contributed by atoms with Crippen LogP contribution in [-0.4, -0.2) is 54.8 Å². The van der Waals surface area contributed by atoms with Crippen LogP contribution in [0.3, 0.4) is 0 Å². The first kappa shape index (κ1) is 27.4. The van der Waals surface area contributed by atoms with E-state index in [4.69, 9.17) is 37.4 Å². The number of carboxylic acids is 1. The highest BCUT2D eigenvalue weighted by atomic mass is 35.5. The van der Waals surface area contributed by atoms with E-state index in [1.165, 1.54) is 6.07 Å². The van der Waals surface area contributed by atoms with Crippen molar-refractivity contribution in [2.24, 2.45) is 0 Å². The van der Waals surface area contributed by atoms with Gasteiger partial charge in [-0.25, -0.2) is 9.78 Å². The molecule has 0 saturated carbocycles. The van der Waals surface area contributed by atoms with Crippen molar-refractivity contribution in [1.29, 1.82) is 0 Å². The molecule has 0 aliphatic carbocycles. The number of carbonyl (C=O) groups is 1. The lowest BCUT2D eigenvalue weighted by molar-refractivity contribution is 0.0413. The molecule has 0 aliphatic heterocycles. The number of nitrogens with one attached hydrogen (secondary N) is 1. The van der Waals surface area contributed by atoms with Crippen LogP contribution in [0.2, 0.25) is 10.0 Å². The summed E-state index contributed by atoms with van der Waals surface area (Å²) >= 11 is 12.7. The summed E-state index contributed by atoms with van der Waals surface area (Å²) in [6.07, 6.45) is 1.78. The van der Waals surface area contributed by atoms with Gasteiger partial charge in [0.15, 0.2) is 5.75 Å². The number of carboxylic acid groups (broad SMARTS) is 1. The number of benzene rings is 2. The van der Waals surface area contributed by atoms with Crippen LogP contribution in [0.1, 0.15) is 10.4 Å². The minimum atomic E-state index is -1.03. The van der Waals surface area contributed by atoms with E-state index < -0.39 is 5.97 Å². The van der Waals surface area contributed by atoms with Crippen molar-refractivity contribution in [2.45, 2.75) is 5.03 Å². The van der Waals surface area contributed by atoms with Crippen molar-refractivity contribution >= 4 is 62.1 Å². The molecule has 0 spiro atoms. The van der Waals surface area contributed by atoms with Crippen LogP contribution in [0.25, 0.3) is 0 Å². The van der Waals surface area contributed by atoms with Crippen molar-refractivity contribution in [2.75, 3.05) is 44.1 Å². The van der Waals surface area contributed by atoms with Gasteiger partial charge in [0, 0.05) is 17.6 Å². The minimum absolute atomic E-state index is 0.142. The molecule has 2 aromatic carbocycles. The molecule has 0 bridgehead atoms. The van der Waals surface area contributed by atoms with Gasteiger partial charge in [-0.15, -0.1) is 0 Å². The highest BCUT2D eigenvalue weighted by Gasteiger charge is 2.13. The molecule has 2 N–H and O–H groups in total. The molecule has 7 nitrogen and oxygen atoms in total. The lowest BCUT2D eigenvalue weighted by atomic mass is 10.1. The Morgan fingerprint density at radius 2 is 1.63 bits per heavy atom. The number of nitrogens with zero attached hydrogens (tertiary/aromatic N) is 1. The molecule has 3 rings (SSSR count). The van der Waals surface area contributed by atoms with E-state index in [1.807, 2.05) is 18.2 Å². The van der Waals surface area contributed by atoms with Gasteiger partial charge in [-0.2, -0.15) is 0 Å². The molecule has 186 valence electrons. The van der Waals surface area contributed by atoms with Crippen LogP contribution in [-0.2, 0) is 9.47 Å². The summed E-state index contributed by atoms with van der Waals surface area (Å²) in [4.78, 5) is 15.6. The van der Waals surface area contributed by atoms with Gasteiger partial charge < -0.3 is 24.6 Å². The highest BCUT2D eigenvalue weighted by Crippen LogP contribution is 2.37. The first-order chi connectivity index (χ1) is 17.0. The summed E-state index contributed by atoms with van der Waals surface area (Å²) < 4.78 is 16.7. The average Bonchev–Trinajstić information content (AvgIpc) is 2.84. The van der Waals surface area contributed by atoms with E-state index in [0.717, 1.165) is 10.8 Å². The Morgan fingerprint density at radius 1 is 0.943 bits per heavy atom. The molecule has 0 saturated heterocycles. The Labute approximate surface area is 221 Å². The Kier molecular flexibility index (Phi) is 11.8. The second-order valence-electron chi connectivity index (χ2n) is 6.89. The molecule has 0 amide bonds. The van der Waals surface area contributed by atoms with Gasteiger partial charge in [-0.1, -0.05) is 52.2 Å². The van der Waals surface area contributed by atoms with Gasteiger partial charge in [0.1, 0.15) is 11.6 Å². The SMILES string of the molecule is O=C(O)c1ccccc1Nc1cc(Cl)c(OCCOCCOCCSSc2ccccn2)c(Cl)c1. The third kappa shape index (κ3) is 9.44. The van der Waals surface area contributed by atoms with Gasteiger partial charge in [0.2, 0.25) is 0 Å². The molecule has 1 aromatic heterocycles. The quantitative estimate of drug-likeness (QED) is 0.157. The topological polar surface area (TPSA) is 89.9 Å². The number of aromatic nitrogens is 1. The standard InChI is InChI=1S/C24H24Cl2N2O5S2/c25-19-15-17(28-21-6-2-1-5-18(21)24(29)30)16-20(26)23(19)33-12-11-31-9-10-32-13-14-34-35-22-7-3-4-8-27-22/h1-8,15-16,28H,9-14H2,(H,29,30). The fourth-order valence-corrected chi connectivity index (χ4v) is 5.16. The van der Waals surface area contributed by atoms with Gasteiger partial charge >= 0.3 is 5.97 Å². The van der Waals surface area contributed by atoms with Crippen molar-refractivity contribution in [3.05, 3.63) is 76.4 Å². The number of hydrogen-bond donors (Lipinski definition) is 2. The molecule has 3 aromatic rings. The maximum Gasteiger partial charge on any atom is 0.337 e. The lowest BCUT2D eigenvalue weighted by Crippen LogP contribution is -2.12. The van der Waals surface area contributed by atoms with E-state index in [0.29, 0.717) is 53.6 Å². The number of aromatic carboxylic acids is 1. The normalized spacial score (nSPS) is 10.8. The number of rotatable bonds is 15. The number of halogens is 2. The smallest absolute Gasteiger partial charge is 0.337 e. The zero-order valence-electron chi connectivity index (χ0n) is 18.6. The Bertz CT molecular complexity index is 1070. The molecule has 0 radical (unpaired) electrons. The van der Waals surface area contributed by atoms with Gasteiger partial charge in [0.25, 0.3) is 0 Å². The van der Waals surface area contributed by atoms with E-state index in [1.54, 1.807) is 58.1 Å². The molecular weight excluding hydrogens is 531 g/mol. The number of anilines is 2. The second kappa shape index (κ2) is 15.1. The van der Waals surface area contributed by atoms with Crippen molar-refractivity contribution in [1.82, 2.24) is 4.98 Å². The van der Waals surface area contributed by atoms with Crippen LogP contribution >= 0.6 is 44.8 Å². The van der Waals surface area contributed by atoms with E-state index in [-0.39, 0.29) is 12.2 Å². The predicted octanol–water partition coefficient (Wildman–Crippen LogP) is 6.68. The molecule has 0 fully saturated rings. The summed E-state index contributed by atoms with van der Waals surface area (Å²) in [6, 6.07) is 15.7. The molecule has 0 atom stereocenters. The lowest BCUT2D eigenvalue weighted by Gasteiger charge is -2.14. The third-order valence-corrected chi connectivity index (χ3v) is 7.16. The van der Waals surface area contributed by atoms with Crippen LogP contribution < -0.4 is 10.1 Å². The van der Waals surface area contributed by atoms with Crippen LogP contribution in [0.4, 0.5) is 11.4 Å². The zero-order valence-corrected chi connectivity index (χ0v) is 21.8. The molecule has 0 aliphatic rings. The predicted molar refractivity (Wildman–Crippen MR) is 143 cm³/mol. The van der Waals surface area contributed by atoms with Gasteiger partial charge in [-0.05, 0) is 47.2 Å². The highest BCUT2D eigenvalue weighted by molar-refractivity contribution is 8.76. The van der Waals surface area contributed by atoms with Gasteiger partial charge in [-0.3, -0.25) is 0 Å². The first-order valence-corrected chi connectivity index (χ1v) is 13.7. The fraction of sp³-hybridized carbons (Fsp3) is 0.250. The van der Waals surface area contributed by atoms with Crippen molar-refractivity contribution in [3.8, 4) is 5.75 Å². The number of hydrogen-bond acceptors (Lipinski definition) is 8. The van der Waals surface area contributed by atoms with E-state index in [2.05, 4.69) is 10.3 Å². The minimum Gasteiger partial charge on any atom is -0.488 e. The third-order valence-electron chi connectivity index (χ3n) is 4.37. The van der Waals surface area contributed by atoms with E-state index in [9.17, 15) is 9.90 Å². The molecule has 1 heterocycles. The summed E-state index contributed by atoms with van der Waals surface area (Å²) in [7, 11) is 3.32. The monoisotopic (exact) mass is 554 g/mol. The van der Waals surface area contributed by atoms with Crippen molar-refractivity contribution < 1.29 is 24.1 Å². The number of pyridine rings is 1. The van der Waals surface area contributed by atoms with E-state index >= 15 is 0 Å². The molecule has 35 heavy (non-hydrogen) atoms. The maximum atomic E-state index is 11.4. The Balaban J connectivity index is 1.31. The van der Waals surface area contributed by atoms with Gasteiger partial charge in [0.05, 0.1) is 47.7 Å². The van der Waals surface area contributed by atoms with Crippen LogP contribution in [0, 0.1) is 0 Å². The second-order valence-corrected chi connectivity index (χ2v) is 10.1. The first-order valence-electron chi connectivity index (χ1n) is 10.6. The fourth-order valence-electron chi connectivity index (χ4n) is 2.82. The zero-order chi connectivity index (χ0) is 24.9. The molecule has 11 heteroatoms. The van der Waals surface area contributed by atoms with Crippen molar-refractivity contribution in [3.63, 3.8) is 0 Å². The number of ether oxygens (including phenoxy) is 3. The summed E-state index contributed by atoms with van der Waals surface area (Å²) in [5, 5.41) is 13.9.